The highest BCUT2D eigenvalue weighted by molar-refractivity contribution is 9.11. The lowest BCUT2D eigenvalue weighted by Gasteiger charge is -2.11. The van der Waals surface area contributed by atoms with E-state index in [2.05, 4.69) is 31.9 Å². The molecule has 1 heterocycles. The predicted octanol–water partition coefficient (Wildman–Crippen LogP) is 3.63. The van der Waals surface area contributed by atoms with Gasteiger partial charge in [0, 0.05) is 17.0 Å². The molecule has 2 nitrogen and oxygen atoms in total. The monoisotopic (exact) mass is 334 g/mol. The van der Waals surface area contributed by atoms with E-state index < -0.39 is 0 Å². The number of ether oxygens (including phenoxy) is 2. The number of benzene rings is 1. The van der Waals surface area contributed by atoms with Crippen LogP contribution >= 0.6 is 31.9 Å². The maximum absolute atomic E-state index is 5.73. The summed E-state index contributed by atoms with van der Waals surface area (Å²) in [6.45, 7) is 2.43. The summed E-state index contributed by atoms with van der Waals surface area (Å²) in [4.78, 5) is 0. The van der Waals surface area contributed by atoms with Crippen LogP contribution in [-0.4, -0.2) is 19.8 Å². The van der Waals surface area contributed by atoms with Gasteiger partial charge in [-0.2, -0.15) is 0 Å². The lowest BCUT2D eigenvalue weighted by molar-refractivity contribution is 0.167. The second-order valence-electron chi connectivity index (χ2n) is 3.62. The highest BCUT2D eigenvalue weighted by Crippen LogP contribution is 2.29. The molecule has 1 fully saturated rings. The number of hydrogen-bond donors (Lipinski definition) is 0. The molecule has 1 aliphatic rings. The maximum Gasteiger partial charge on any atom is 0.133 e. The van der Waals surface area contributed by atoms with E-state index in [9.17, 15) is 0 Å². The summed E-state index contributed by atoms with van der Waals surface area (Å²) in [5, 5.41) is 0. The summed E-state index contributed by atoms with van der Waals surface area (Å²) in [5.74, 6) is 1.44. The maximum atomic E-state index is 5.73. The molecule has 4 heteroatoms. The first-order valence-electron chi connectivity index (χ1n) is 4.91. The summed E-state index contributed by atoms with van der Waals surface area (Å²) in [7, 11) is 0. The Morgan fingerprint density at radius 3 is 2.93 bits per heavy atom. The fraction of sp³-hybridized carbons (Fsp3) is 0.455. The predicted molar refractivity (Wildman–Crippen MR) is 66.3 cm³/mol. The molecule has 0 spiro atoms. The lowest BCUT2D eigenvalue weighted by Crippen LogP contribution is -2.11. The second-order valence-corrected chi connectivity index (χ2v) is 5.39. The minimum Gasteiger partial charge on any atom is -0.492 e. The van der Waals surface area contributed by atoms with Gasteiger partial charge in [0.15, 0.2) is 0 Å². The van der Waals surface area contributed by atoms with E-state index >= 15 is 0 Å². The van der Waals surface area contributed by atoms with Crippen LogP contribution in [0.3, 0.4) is 0 Å². The molecule has 82 valence electrons. The summed E-state index contributed by atoms with van der Waals surface area (Å²) in [5.41, 5.74) is 0. The third-order valence-corrected chi connectivity index (χ3v) is 3.51. The molecule has 0 aromatic heterocycles. The van der Waals surface area contributed by atoms with Crippen LogP contribution < -0.4 is 4.74 Å². The van der Waals surface area contributed by atoms with Gasteiger partial charge in [0.25, 0.3) is 0 Å². The molecule has 0 aliphatic carbocycles. The van der Waals surface area contributed by atoms with Crippen molar-refractivity contribution in [2.45, 2.75) is 6.42 Å². The van der Waals surface area contributed by atoms with E-state index in [0.29, 0.717) is 5.92 Å². The first kappa shape index (κ1) is 11.4. The zero-order valence-electron chi connectivity index (χ0n) is 8.21. The summed E-state index contributed by atoms with van der Waals surface area (Å²) >= 11 is 6.88. The molecule has 2 rings (SSSR count). The van der Waals surface area contributed by atoms with E-state index in [-0.39, 0.29) is 0 Å². The highest BCUT2D eigenvalue weighted by atomic mass is 79.9. The Bertz CT molecular complexity index is 335. The molecule has 15 heavy (non-hydrogen) atoms. The largest absolute Gasteiger partial charge is 0.492 e. The molecule has 0 amide bonds. The van der Waals surface area contributed by atoms with Crippen LogP contribution in [0.1, 0.15) is 6.42 Å². The smallest absolute Gasteiger partial charge is 0.133 e. The average molecular weight is 336 g/mol. The third kappa shape index (κ3) is 3.20. The van der Waals surface area contributed by atoms with Crippen molar-refractivity contribution < 1.29 is 9.47 Å². The fourth-order valence-electron chi connectivity index (χ4n) is 1.51. The highest BCUT2D eigenvalue weighted by Gasteiger charge is 2.16. The number of rotatable bonds is 3. The SMILES string of the molecule is Brc1ccc(OC[C@H]2CCOC2)c(Br)c1. The van der Waals surface area contributed by atoms with Gasteiger partial charge in [0.2, 0.25) is 0 Å². The fourth-order valence-corrected chi connectivity index (χ4v) is 2.68. The minimum absolute atomic E-state index is 0.542. The van der Waals surface area contributed by atoms with Gasteiger partial charge in [-0.25, -0.2) is 0 Å². The first-order chi connectivity index (χ1) is 7.25. The second kappa shape index (κ2) is 5.32. The van der Waals surface area contributed by atoms with Gasteiger partial charge < -0.3 is 9.47 Å². The van der Waals surface area contributed by atoms with Gasteiger partial charge in [0.05, 0.1) is 17.7 Å². The molecule has 0 bridgehead atoms. The Morgan fingerprint density at radius 2 is 2.27 bits per heavy atom. The van der Waals surface area contributed by atoms with Crippen molar-refractivity contribution in [2.24, 2.45) is 5.92 Å². The summed E-state index contributed by atoms with van der Waals surface area (Å²) < 4.78 is 13.1. The van der Waals surface area contributed by atoms with Crippen LogP contribution in [0.2, 0.25) is 0 Å². The van der Waals surface area contributed by atoms with E-state index in [1.54, 1.807) is 0 Å². The quantitative estimate of drug-likeness (QED) is 0.839. The molecular weight excluding hydrogens is 324 g/mol. The molecule has 1 aromatic rings. The van der Waals surface area contributed by atoms with Gasteiger partial charge in [-0.3, -0.25) is 0 Å². The van der Waals surface area contributed by atoms with Crippen LogP contribution in [0.4, 0.5) is 0 Å². The lowest BCUT2D eigenvalue weighted by atomic mass is 10.1. The van der Waals surface area contributed by atoms with Crippen molar-refractivity contribution in [3.05, 3.63) is 27.1 Å². The Kier molecular flexibility index (Phi) is 4.05. The van der Waals surface area contributed by atoms with Crippen LogP contribution in [0.5, 0.6) is 5.75 Å². The first-order valence-corrected chi connectivity index (χ1v) is 6.50. The molecule has 0 unspecified atom stereocenters. The van der Waals surface area contributed by atoms with Crippen LogP contribution in [0.15, 0.2) is 27.1 Å². The summed E-state index contributed by atoms with van der Waals surface area (Å²) in [6, 6.07) is 5.93. The van der Waals surface area contributed by atoms with Crippen LogP contribution in [0, 0.1) is 5.92 Å². The van der Waals surface area contributed by atoms with Gasteiger partial charge in [-0.05, 0) is 40.5 Å². The number of hydrogen-bond acceptors (Lipinski definition) is 2. The third-order valence-electron chi connectivity index (χ3n) is 2.39. The van der Waals surface area contributed by atoms with Gasteiger partial charge in [-0.15, -0.1) is 0 Å². The van der Waals surface area contributed by atoms with Crippen molar-refractivity contribution >= 4 is 31.9 Å². The van der Waals surface area contributed by atoms with Crippen molar-refractivity contribution in [1.82, 2.24) is 0 Å². The van der Waals surface area contributed by atoms with E-state index in [4.69, 9.17) is 9.47 Å². The van der Waals surface area contributed by atoms with Crippen LogP contribution in [-0.2, 0) is 4.74 Å². The minimum atomic E-state index is 0.542. The molecule has 1 atom stereocenters. The Hall–Kier alpha value is -0.0600. The standard InChI is InChI=1S/C11H12Br2O2/c12-9-1-2-11(10(13)5-9)15-7-8-3-4-14-6-8/h1-2,5,8H,3-4,6-7H2/t8-/m0/s1. The average Bonchev–Trinajstić information content (AvgIpc) is 2.69. The van der Waals surface area contributed by atoms with Crippen LogP contribution in [0.25, 0.3) is 0 Å². The van der Waals surface area contributed by atoms with Crippen molar-refractivity contribution in [2.75, 3.05) is 19.8 Å². The van der Waals surface area contributed by atoms with E-state index in [1.165, 1.54) is 0 Å². The molecular formula is C11H12Br2O2. The molecule has 0 radical (unpaired) electrons. The zero-order valence-corrected chi connectivity index (χ0v) is 11.4. The van der Waals surface area contributed by atoms with Crippen molar-refractivity contribution in [3.63, 3.8) is 0 Å². The normalized spacial score (nSPS) is 20.5. The molecule has 1 saturated heterocycles. The molecule has 1 aliphatic heterocycles. The van der Waals surface area contributed by atoms with Crippen molar-refractivity contribution in [3.8, 4) is 5.75 Å². The Morgan fingerprint density at radius 1 is 1.40 bits per heavy atom. The zero-order chi connectivity index (χ0) is 10.7. The summed E-state index contributed by atoms with van der Waals surface area (Å²) in [6.07, 6.45) is 1.11. The van der Waals surface area contributed by atoms with Gasteiger partial charge in [-0.1, -0.05) is 15.9 Å². The molecule has 1 aromatic carbocycles. The Labute approximate surface area is 106 Å². The van der Waals surface area contributed by atoms with Gasteiger partial charge in [0.1, 0.15) is 5.75 Å². The number of halogens is 2. The topological polar surface area (TPSA) is 18.5 Å². The molecule has 0 saturated carbocycles. The van der Waals surface area contributed by atoms with Crippen molar-refractivity contribution in [1.29, 1.82) is 0 Å². The molecule has 0 N–H and O–H groups in total. The van der Waals surface area contributed by atoms with Gasteiger partial charge >= 0.3 is 0 Å². The van der Waals surface area contributed by atoms with E-state index in [1.807, 2.05) is 18.2 Å². The Balaban J connectivity index is 1.92. The van der Waals surface area contributed by atoms with E-state index in [0.717, 1.165) is 40.9 Å².